The number of hydrogen-bond acceptors (Lipinski definition) is 9. The average molecular weight is 650 g/mol. The van der Waals surface area contributed by atoms with Gasteiger partial charge in [0.25, 0.3) is 0 Å². The van der Waals surface area contributed by atoms with Crippen LogP contribution in [0.1, 0.15) is 21.9 Å². The molecule has 2 unspecified atom stereocenters. The molecule has 232 valence electrons. The molecule has 0 bridgehead atoms. The molecule has 3 aromatic rings. The Kier molecular flexibility index (Phi) is 7.96. The molecule has 0 aliphatic carbocycles. The lowest BCUT2D eigenvalue weighted by Gasteiger charge is -2.31. The highest BCUT2D eigenvalue weighted by Crippen LogP contribution is 2.54. The summed E-state index contributed by atoms with van der Waals surface area (Å²) in [6.45, 7) is 1.25. The van der Waals surface area contributed by atoms with Crippen molar-refractivity contribution >= 4 is 46.5 Å². The normalized spacial score (nSPS) is 21.7. The van der Waals surface area contributed by atoms with Gasteiger partial charge in [-0.05, 0) is 35.9 Å². The van der Waals surface area contributed by atoms with Gasteiger partial charge in [0, 0.05) is 23.9 Å². The van der Waals surface area contributed by atoms with Crippen molar-refractivity contribution in [3.8, 4) is 11.5 Å². The zero-order valence-electron chi connectivity index (χ0n) is 23.5. The monoisotopic (exact) mass is 649 g/mol. The summed E-state index contributed by atoms with van der Waals surface area (Å²) in [5, 5.41) is -0.698. The molecule has 2 aromatic carbocycles. The molecular formula is C29H26F3N3O7S2. The molecular weight excluding hydrogens is 623 g/mol. The molecule has 2 saturated heterocycles. The van der Waals surface area contributed by atoms with Crippen LogP contribution in [0, 0.1) is 5.92 Å². The number of thiazole rings is 1. The molecule has 0 saturated carbocycles. The van der Waals surface area contributed by atoms with Gasteiger partial charge in [-0.1, -0.05) is 35.2 Å². The standard InChI is InChI=1S/C29H26F3N3O7S2/c1-40-18-7-6-15(12-19(18)41-2)21-22-23(26(38)35(25(22)37)17-5-3-4-16(13-17)29(30,31)32)43-27-24(21)44-28(39)34(27)14-20(36)33-8-10-42-11-9-33/h3-7,12-13,21-23H,8-11,14H2,1-2H3/t21-,22?,23?/m1/s1. The van der Waals surface area contributed by atoms with Gasteiger partial charge in [0.1, 0.15) is 11.8 Å². The molecule has 0 spiro atoms. The number of thioether (sulfide) groups is 1. The molecule has 6 rings (SSSR count). The van der Waals surface area contributed by atoms with Crippen LogP contribution in [0.25, 0.3) is 0 Å². The molecule has 3 amide bonds. The number of imide groups is 1. The van der Waals surface area contributed by atoms with Crippen LogP contribution in [0.3, 0.4) is 0 Å². The maximum absolute atomic E-state index is 14.1. The fourth-order valence-electron chi connectivity index (χ4n) is 5.78. The van der Waals surface area contributed by atoms with Gasteiger partial charge in [-0.15, -0.1) is 0 Å². The predicted molar refractivity (Wildman–Crippen MR) is 154 cm³/mol. The van der Waals surface area contributed by atoms with Gasteiger partial charge in [0.05, 0.1) is 49.6 Å². The van der Waals surface area contributed by atoms with Gasteiger partial charge in [0.15, 0.2) is 11.5 Å². The van der Waals surface area contributed by atoms with Crippen LogP contribution >= 0.6 is 23.1 Å². The zero-order valence-corrected chi connectivity index (χ0v) is 25.1. The lowest BCUT2D eigenvalue weighted by atomic mass is 9.83. The van der Waals surface area contributed by atoms with Crippen LogP contribution < -0.4 is 19.2 Å². The van der Waals surface area contributed by atoms with Crippen molar-refractivity contribution in [1.29, 1.82) is 0 Å². The first kappa shape index (κ1) is 30.2. The van der Waals surface area contributed by atoms with Crippen molar-refractivity contribution in [2.45, 2.75) is 28.9 Å². The van der Waals surface area contributed by atoms with Gasteiger partial charge >= 0.3 is 11.0 Å². The summed E-state index contributed by atoms with van der Waals surface area (Å²) >= 11 is 1.86. The van der Waals surface area contributed by atoms with E-state index in [0.29, 0.717) is 53.3 Å². The van der Waals surface area contributed by atoms with Gasteiger partial charge in [-0.2, -0.15) is 13.2 Å². The highest BCUT2D eigenvalue weighted by atomic mass is 32.2. The van der Waals surface area contributed by atoms with Crippen molar-refractivity contribution in [3.05, 3.63) is 68.1 Å². The van der Waals surface area contributed by atoms with Crippen molar-refractivity contribution in [1.82, 2.24) is 9.47 Å². The summed E-state index contributed by atoms with van der Waals surface area (Å²) in [5.74, 6) is -2.79. The highest BCUT2D eigenvalue weighted by Gasteiger charge is 2.57. The first-order valence-electron chi connectivity index (χ1n) is 13.6. The lowest BCUT2D eigenvalue weighted by molar-refractivity contribution is -0.138. The molecule has 1 aromatic heterocycles. The Morgan fingerprint density at radius 1 is 1.00 bits per heavy atom. The molecule has 3 aliphatic rings. The molecule has 10 nitrogen and oxygen atoms in total. The van der Waals surface area contributed by atoms with Crippen LogP contribution in [0.15, 0.2) is 52.3 Å². The SMILES string of the molecule is COc1ccc([C@H]2c3sc(=O)n(CC(=O)N4CCOCC4)c3SC3C(=O)N(c4cccc(C(F)(F)F)c4)C(=O)C32)cc1OC. The van der Waals surface area contributed by atoms with Crippen molar-refractivity contribution in [2.75, 3.05) is 45.4 Å². The first-order valence-corrected chi connectivity index (χ1v) is 15.3. The quantitative estimate of drug-likeness (QED) is 0.373. The Labute approximate surface area is 257 Å². The Hall–Kier alpha value is -3.82. The number of carbonyl (C=O) groups excluding carboxylic acids is 3. The smallest absolute Gasteiger partial charge is 0.416 e. The van der Waals surface area contributed by atoms with Gasteiger partial charge in [-0.3, -0.25) is 23.7 Å². The van der Waals surface area contributed by atoms with Gasteiger partial charge < -0.3 is 19.1 Å². The predicted octanol–water partition coefficient (Wildman–Crippen LogP) is 3.60. The Balaban J connectivity index is 1.46. The molecule has 15 heteroatoms. The van der Waals surface area contributed by atoms with E-state index in [-0.39, 0.29) is 18.1 Å². The molecule has 3 aliphatic heterocycles. The van der Waals surface area contributed by atoms with E-state index in [1.165, 1.54) is 24.9 Å². The van der Waals surface area contributed by atoms with Crippen LogP contribution in [-0.4, -0.2) is 73.0 Å². The minimum absolute atomic E-state index is 0.195. The van der Waals surface area contributed by atoms with Crippen LogP contribution in [0.2, 0.25) is 0 Å². The molecule has 3 atom stereocenters. The molecule has 0 radical (unpaired) electrons. The third-order valence-corrected chi connectivity index (χ3v) is 10.5. The van der Waals surface area contributed by atoms with Gasteiger partial charge in [0.2, 0.25) is 17.7 Å². The molecule has 0 N–H and O–H groups in total. The number of nitrogens with zero attached hydrogens (tertiary/aromatic N) is 3. The number of methoxy groups -OCH3 is 2. The first-order chi connectivity index (χ1) is 21.0. The van der Waals surface area contributed by atoms with E-state index in [1.54, 1.807) is 23.1 Å². The number of carbonyl (C=O) groups is 3. The Morgan fingerprint density at radius 3 is 2.41 bits per heavy atom. The second-order valence-electron chi connectivity index (χ2n) is 10.3. The third-order valence-electron chi connectivity index (χ3n) is 7.90. The highest BCUT2D eigenvalue weighted by molar-refractivity contribution is 8.00. The van der Waals surface area contributed by atoms with E-state index in [0.717, 1.165) is 46.2 Å². The number of benzene rings is 2. The Bertz CT molecular complexity index is 1700. The largest absolute Gasteiger partial charge is 0.493 e. The number of fused-ring (bicyclic) bond motifs is 2. The number of halogens is 3. The number of amides is 3. The van der Waals surface area contributed by atoms with E-state index in [9.17, 15) is 32.3 Å². The minimum atomic E-state index is -4.68. The summed E-state index contributed by atoms with van der Waals surface area (Å²) < 4.78 is 58.1. The number of alkyl halides is 3. The van der Waals surface area contributed by atoms with Gasteiger partial charge in [-0.25, -0.2) is 4.90 Å². The number of rotatable bonds is 6. The fraction of sp³-hybridized carbons (Fsp3) is 0.379. The average Bonchev–Trinajstić information content (AvgIpc) is 3.46. The molecule has 4 heterocycles. The van der Waals surface area contributed by atoms with Crippen LogP contribution in [0.5, 0.6) is 11.5 Å². The molecule has 44 heavy (non-hydrogen) atoms. The number of aromatic nitrogens is 1. The summed E-state index contributed by atoms with van der Waals surface area (Å²) in [6, 6.07) is 9.05. The van der Waals surface area contributed by atoms with Crippen molar-refractivity contribution in [2.24, 2.45) is 5.92 Å². The summed E-state index contributed by atoms with van der Waals surface area (Å²) in [4.78, 5) is 56.9. The van der Waals surface area contributed by atoms with Crippen molar-refractivity contribution in [3.63, 3.8) is 0 Å². The zero-order chi connectivity index (χ0) is 31.3. The summed E-state index contributed by atoms with van der Waals surface area (Å²) in [7, 11) is 2.91. The topological polar surface area (TPSA) is 107 Å². The summed E-state index contributed by atoms with van der Waals surface area (Å²) in [5.41, 5.74) is -0.651. The van der Waals surface area contributed by atoms with E-state index in [4.69, 9.17) is 14.2 Å². The number of ether oxygens (including phenoxy) is 3. The summed E-state index contributed by atoms with van der Waals surface area (Å²) in [6.07, 6.45) is -4.68. The van der Waals surface area contributed by atoms with E-state index < -0.39 is 45.5 Å². The minimum Gasteiger partial charge on any atom is -0.493 e. The second-order valence-corrected chi connectivity index (χ2v) is 12.5. The molecule has 2 fully saturated rings. The number of hydrogen-bond donors (Lipinski definition) is 0. The third kappa shape index (κ3) is 5.16. The van der Waals surface area contributed by atoms with Crippen molar-refractivity contribution < 1.29 is 41.8 Å². The number of anilines is 1. The van der Waals surface area contributed by atoms with E-state index in [2.05, 4.69) is 0 Å². The van der Waals surface area contributed by atoms with E-state index in [1.807, 2.05) is 0 Å². The Morgan fingerprint density at radius 2 is 1.73 bits per heavy atom. The maximum Gasteiger partial charge on any atom is 0.416 e. The lowest BCUT2D eigenvalue weighted by Crippen LogP contribution is -2.43. The maximum atomic E-state index is 14.1. The van der Waals surface area contributed by atoms with Crippen LogP contribution in [0.4, 0.5) is 18.9 Å². The number of morpholine rings is 1. The second kappa shape index (κ2) is 11.6. The van der Waals surface area contributed by atoms with Crippen LogP contribution in [-0.2, 0) is 31.8 Å². The van der Waals surface area contributed by atoms with E-state index >= 15 is 0 Å². The fourth-order valence-corrected chi connectivity index (χ4v) is 8.56.